The molecule has 0 aromatic heterocycles. The molecule has 106 valence electrons. The summed E-state index contributed by atoms with van der Waals surface area (Å²) in [5, 5.41) is 11.4. The molecule has 18 heavy (non-hydrogen) atoms. The number of carbonyl (C=O) groups excluding carboxylic acids is 1. The van der Waals surface area contributed by atoms with Crippen LogP contribution in [0.25, 0.3) is 0 Å². The van der Waals surface area contributed by atoms with E-state index in [0.717, 1.165) is 0 Å². The molecule has 6 heteroatoms. The third-order valence-electron chi connectivity index (χ3n) is 3.44. The molecule has 1 aliphatic carbocycles. The lowest BCUT2D eigenvalue weighted by molar-refractivity contribution is -0.186. The van der Waals surface area contributed by atoms with Crippen molar-refractivity contribution in [2.75, 3.05) is 13.2 Å². The Balaban J connectivity index is 2.44. The minimum Gasteiger partial charge on any atom is -0.396 e. The van der Waals surface area contributed by atoms with Crippen LogP contribution in [-0.2, 0) is 4.79 Å². The molecule has 0 aliphatic heterocycles. The van der Waals surface area contributed by atoms with Gasteiger partial charge >= 0.3 is 6.18 Å². The van der Waals surface area contributed by atoms with Gasteiger partial charge in [0.1, 0.15) is 0 Å². The summed E-state index contributed by atoms with van der Waals surface area (Å²) in [6, 6.07) is 0. The first kappa shape index (κ1) is 15.3. The number of rotatable bonds is 4. The SMILES string of the molecule is CC(CO)CNC(=O)C1CCCC(C(F)(F)F)C1. The van der Waals surface area contributed by atoms with Crippen molar-refractivity contribution in [2.24, 2.45) is 17.8 Å². The number of nitrogens with one attached hydrogen (secondary N) is 1. The Morgan fingerprint density at radius 3 is 2.67 bits per heavy atom. The molecule has 1 aliphatic rings. The van der Waals surface area contributed by atoms with E-state index >= 15 is 0 Å². The highest BCUT2D eigenvalue weighted by Gasteiger charge is 2.43. The van der Waals surface area contributed by atoms with E-state index in [9.17, 15) is 18.0 Å². The predicted octanol–water partition coefficient (Wildman–Crippen LogP) is 2.10. The van der Waals surface area contributed by atoms with Crippen LogP contribution in [0.4, 0.5) is 13.2 Å². The number of amides is 1. The Morgan fingerprint density at radius 1 is 1.44 bits per heavy atom. The molecule has 1 fully saturated rings. The van der Waals surface area contributed by atoms with Crippen molar-refractivity contribution in [3.8, 4) is 0 Å². The molecule has 0 radical (unpaired) electrons. The van der Waals surface area contributed by atoms with E-state index in [-0.39, 0.29) is 31.3 Å². The fraction of sp³-hybridized carbons (Fsp3) is 0.917. The number of alkyl halides is 3. The molecule has 0 saturated heterocycles. The van der Waals surface area contributed by atoms with Crippen LogP contribution in [0.1, 0.15) is 32.6 Å². The molecule has 0 spiro atoms. The quantitative estimate of drug-likeness (QED) is 0.819. The molecule has 1 amide bonds. The predicted molar refractivity (Wildman–Crippen MR) is 60.8 cm³/mol. The fourth-order valence-electron chi connectivity index (χ4n) is 2.21. The van der Waals surface area contributed by atoms with Crippen LogP contribution in [0.2, 0.25) is 0 Å². The van der Waals surface area contributed by atoms with Gasteiger partial charge in [0.25, 0.3) is 0 Å². The average molecular weight is 267 g/mol. The maximum atomic E-state index is 12.6. The van der Waals surface area contributed by atoms with Gasteiger partial charge in [-0.3, -0.25) is 4.79 Å². The first-order valence-corrected chi connectivity index (χ1v) is 6.30. The van der Waals surface area contributed by atoms with Crippen LogP contribution in [0.5, 0.6) is 0 Å². The summed E-state index contributed by atoms with van der Waals surface area (Å²) in [4.78, 5) is 11.7. The summed E-state index contributed by atoms with van der Waals surface area (Å²) in [6.07, 6.45) is -3.22. The van der Waals surface area contributed by atoms with Gasteiger partial charge in [0, 0.05) is 19.1 Å². The van der Waals surface area contributed by atoms with Crippen LogP contribution in [0.15, 0.2) is 0 Å². The second-order valence-electron chi connectivity index (χ2n) is 5.13. The van der Waals surface area contributed by atoms with Crippen LogP contribution in [0.3, 0.4) is 0 Å². The standard InChI is InChI=1S/C12H20F3NO2/c1-8(7-17)6-16-11(18)9-3-2-4-10(5-9)12(13,14)15/h8-10,17H,2-7H2,1H3,(H,16,18). The van der Waals surface area contributed by atoms with Crippen molar-refractivity contribution in [2.45, 2.75) is 38.8 Å². The van der Waals surface area contributed by atoms with E-state index in [1.54, 1.807) is 6.92 Å². The monoisotopic (exact) mass is 267 g/mol. The van der Waals surface area contributed by atoms with Gasteiger partial charge in [-0.25, -0.2) is 0 Å². The van der Waals surface area contributed by atoms with E-state index in [1.807, 2.05) is 0 Å². The number of carbonyl (C=O) groups is 1. The molecule has 0 bridgehead atoms. The lowest BCUT2D eigenvalue weighted by atomic mass is 9.80. The Kier molecular flexibility index (Phi) is 5.44. The number of halogens is 3. The zero-order valence-corrected chi connectivity index (χ0v) is 10.5. The van der Waals surface area contributed by atoms with Gasteiger partial charge in [-0.15, -0.1) is 0 Å². The summed E-state index contributed by atoms with van der Waals surface area (Å²) in [7, 11) is 0. The molecular formula is C12H20F3NO2. The van der Waals surface area contributed by atoms with Crippen molar-refractivity contribution in [3.05, 3.63) is 0 Å². The van der Waals surface area contributed by atoms with Crippen LogP contribution >= 0.6 is 0 Å². The van der Waals surface area contributed by atoms with Gasteiger partial charge < -0.3 is 10.4 Å². The van der Waals surface area contributed by atoms with Crippen molar-refractivity contribution < 1.29 is 23.1 Å². The van der Waals surface area contributed by atoms with Gasteiger partial charge in [0.05, 0.1) is 5.92 Å². The smallest absolute Gasteiger partial charge is 0.391 e. The van der Waals surface area contributed by atoms with Crippen molar-refractivity contribution in [1.82, 2.24) is 5.32 Å². The van der Waals surface area contributed by atoms with Gasteiger partial charge in [-0.1, -0.05) is 13.3 Å². The summed E-state index contributed by atoms with van der Waals surface area (Å²) in [5.74, 6) is -2.28. The third-order valence-corrected chi connectivity index (χ3v) is 3.44. The molecule has 3 unspecified atom stereocenters. The Labute approximate surface area is 105 Å². The molecule has 0 aromatic carbocycles. The van der Waals surface area contributed by atoms with Crippen molar-refractivity contribution in [1.29, 1.82) is 0 Å². The van der Waals surface area contributed by atoms with Crippen LogP contribution in [0, 0.1) is 17.8 Å². The normalized spacial score (nSPS) is 26.7. The first-order valence-electron chi connectivity index (χ1n) is 6.30. The number of hydrogen-bond acceptors (Lipinski definition) is 2. The average Bonchev–Trinajstić information content (AvgIpc) is 2.34. The van der Waals surface area contributed by atoms with Crippen LogP contribution < -0.4 is 5.32 Å². The maximum Gasteiger partial charge on any atom is 0.391 e. The molecule has 1 rings (SSSR count). The number of aliphatic hydroxyl groups is 1. The fourth-order valence-corrected chi connectivity index (χ4v) is 2.21. The topological polar surface area (TPSA) is 49.3 Å². The number of hydrogen-bond donors (Lipinski definition) is 2. The zero-order valence-electron chi connectivity index (χ0n) is 10.5. The van der Waals surface area contributed by atoms with Crippen molar-refractivity contribution in [3.63, 3.8) is 0 Å². The first-order chi connectivity index (χ1) is 8.34. The number of aliphatic hydroxyl groups excluding tert-OH is 1. The summed E-state index contributed by atoms with van der Waals surface area (Å²) in [6.45, 7) is 2.03. The van der Waals surface area contributed by atoms with E-state index < -0.39 is 18.0 Å². The minimum absolute atomic E-state index is 0.0455. The second-order valence-corrected chi connectivity index (χ2v) is 5.13. The summed E-state index contributed by atoms with van der Waals surface area (Å²) >= 11 is 0. The van der Waals surface area contributed by atoms with Gasteiger partial charge in [0.15, 0.2) is 0 Å². The molecule has 3 nitrogen and oxygen atoms in total. The van der Waals surface area contributed by atoms with Gasteiger partial charge in [0.2, 0.25) is 5.91 Å². The maximum absolute atomic E-state index is 12.6. The largest absolute Gasteiger partial charge is 0.396 e. The van der Waals surface area contributed by atoms with Gasteiger partial charge in [-0.05, 0) is 25.2 Å². The highest BCUT2D eigenvalue weighted by atomic mass is 19.4. The molecule has 0 aromatic rings. The Hall–Kier alpha value is -0.780. The minimum atomic E-state index is -4.20. The summed E-state index contributed by atoms with van der Waals surface area (Å²) < 4.78 is 37.7. The Morgan fingerprint density at radius 2 is 2.11 bits per heavy atom. The van der Waals surface area contributed by atoms with E-state index in [4.69, 9.17) is 5.11 Å². The lowest BCUT2D eigenvalue weighted by Crippen LogP contribution is -2.39. The zero-order chi connectivity index (χ0) is 13.8. The third kappa shape index (κ3) is 4.48. The highest BCUT2D eigenvalue weighted by molar-refractivity contribution is 5.78. The molecular weight excluding hydrogens is 247 g/mol. The summed E-state index contributed by atoms with van der Waals surface area (Å²) in [5.41, 5.74) is 0. The molecule has 0 heterocycles. The van der Waals surface area contributed by atoms with Crippen LogP contribution in [-0.4, -0.2) is 30.3 Å². The lowest BCUT2D eigenvalue weighted by Gasteiger charge is -2.29. The second kappa shape index (κ2) is 6.41. The van der Waals surface area contributed by atoms with Crippen molar-refractivity contribution >= 4 is 5.91 Å². The Bertz CT molecular complexity index is 281. The van der Waals surface area contributed by atoms with Gasteiger partial charge in [-0.2, -0.15) is 13.2 Å². The highest BCUT2D eigenvalue weighted by Crippen LogP contribution is 2.39. The molecule has 2 N–H and O–H groups in total. The van der Waals surface area contributed by atoms with E-state index in [2.05, 4.69) is 5.32 Å². The van der Waals surface area contributed by atoms with E-state index in [0.29, 0.717) is 19.4 Å². The molecule has 1 saturated carbocycles. The molecule has 3 atom stereocenters. The van der Waals surface area contributed by atoms with E-state index in [1.165, 1.54) is 0 Å².